The molecule has 0 atom stereocenters. The van der Waals surface area contributed by atoms with Crippen molar-refractivity contribution in [3.8, 4) is 0 Å². The van der Waals surface area contributed by atoms with Crippen LogP contribution in [0.2, 0.25) is 0 Å². The molecule has 0 aliphatic carbocycles. The van der Waals surface area contributed by atoms with Crippen LogP contribution in [0.15, 0.2) is 6.20 Å². The second kappa shape index (κ2) is 6.48. The van der Waals surface area contributed by atoms with E-state index in [0.29, 0.717) is 0 Å². The summed E-state index contributed by atoms with van der Waals surface area (Å²) in [6, 6.07) is 0. The highest BCUT2D eigenvalue weighted by Gasteiger charge is 2.18. The summed E-state index contributed by atoms with van der Waals surface area (Å²) in [6.45, 7) is 13.3. The predicted molar refractivity (Wildman–Crippen MR) is 77.0 cm³/mol. The number of rotatable bonds is 7. The minimum atomic E-state index is -0.0109. The fourth-order valence-electron chi connectivity index (χ4n) is 1.70. The van der Waals surface area contributed by atoms with Crippen LogP contribution in [0.3, 0.4) is 0 Å². The topological polar surface area (TPSA) is 52.0 Å². The van der Waals surface area contributed by atoms with Crippen molar-refractivity contribution >= 4 is 0 Å². The first-order valence-corrected chi connectivity index (χ1v) is 6.86. The van der Waals surface area contributed by atoms with Crippen molar-refractivity contribution in [2.75, 3.05) is 20.3 Å². The molecule has 0 aliphatic heterocycles. The molecule has 0 aromatic carbocycles. The first-order valence-electron chi connectivity index (χ1n) is 6.86. The summed E-state index contributed by atoms with van der Waals surface area (Å²) in [5.74, 6) is 0. The Bertz CT molecular complexity index is 379. The van der Waals surface area contributed by atoms with E-state index in [4.69, 9.17) is 4.74 Å². The molecule has 5 heteroatoms. The number of nitrogens with one attached hydrogen (secondary N) is 1. The second-order valence-electron chi connectivity index (χ2n) is 6.84. The molecule has 0 saturated carbocycles. The van der Waals surface area contributed by atoms with Gasteiger partial charge in [-0.15, -0.1) is 5.10 Å². The molecule has 0 saturated heterocycles. The molecule has 1 heterocycles. The monoisotopic (exact) mass is 268 g/mol. The zero-order valence-corrected chi connectivity index (χ0v) is 13.2. The highest BCUT2D eigenvalue weighted by atomic mass is 16.5. The lowest BCUT2D eigenvalue weighted by Crippen LogP contribution is -2.30. The van der Waals surface area contributed by atoms with Crippen LogP contribution in [0.1, 0.15) is 46.7 Å². The quantitative estimate of drug-likeness (QED) is 0.823. The number of methoxy groups -OCH3 is 1. The van der Waals surface area contributed by atoms with Crippen LogP contribution < -0.4 is 5.32 Å². The maximum Gasteiger partial charge on any atom is 0.0965 e. The second-order valence-corrected chi connectivity index (χ2v) is 6.84. The maximum absolute atomic E-state index is 5.13. The number of ether oxygens (including phenoxy) is 1. The van der Waals surface area contributed by atoms with Crippen LogP contribution in [-0.4, -0.2) is 35.3 Å². The zero-order valence-electron chi connectivity index (χ0n) is 13.2. The van der Waals surface area contributed by atoms with Crippen LogP contribution in [-0.2, 0) is 16.8 Å². The van der Waals surface area contributed by atoms with Crippen molar-refractivity contribution in [1.82, 2.24) is 20.3 Å². The van der Waals surface area contributed by atoms with Gasteiger partial charge in [-0.05, 0) is 32.6 Å². The van der Waals surface area contributed by atoms with E-state index in [1.54, 1.807) is 7.11 Å². The van der Waals surface area contributed by atoms with Gasteiger partial charge >= 0.3 is 0 Å². The molecule has 0 fully saturated rings. The van der Waals surface area contributed by atoms with Gasteiger partial charge in [0.2, 0.25) is 0 Å². The van der Waals surface area contributed by atoms with Gasteiger partial charge in [0, 0.05) is 26.8 Å². The third-order valence-corrected chi connectivity index (χ3v) is 3.12. The molecule has 5 nitrogen and oxygen atoms in total. The molecule has 1 N–H and O–H groups in total. The molecule has 0 bridgehead atoms. The Balaban J connectivity index is 2.39. The van der Waals surface area contributed by atoms with Crippen LogP contribution in [0.25, 0.3) is 0 Å². The Morgan fingerprint density at radius 2 is 1.95 bits per heavy atom. The standard InChI is InChI=1S/C14H28N4O/c1-13(2,3)18-10-12(16-17-18)9-15-11-14(4,5)7-8-19-6/h10,15H,7-9,11H2,1-6H3. The van der Waals surface area contributed by atoms with Crippen LogP contribution in [0.5, 0.6) is 0 Å². The fraction of sp³-hybridized carbons (Fsp3) is 0.857. The van der Waals surface area contributed by atoms with Gasteiger partial charge in [-0.3, -0.25) is 0 Å². The normalized spacial score (nSPS) is 12.9. The van der Waals surface area contributed by atoms with E-state index in [-0.39, 0.29) is 11.0 Å². The largest absolute Gasteiger partial charge is 0.385 e. The van der Waals surface area contributed by atoms with Crippen molar-refractivity contribution in [2.24, 2.45) is 5.41 Å². The summed E-state index contributed by atoms with van der Waals surface area (Å²) in [5.41, 5.74) is 1.21. The summed E-state index contributed by atoms with van der Waals surface area (Å²) in [4.78, 5) is 0. The number of hydrogen-bond donors (Lipinski definition) is 1. The molecule has 0 radical (unpaired) electrons. The smallest absolute Gasteiger partial charge is 0.0965 e. The first-order chi connectivity index (χ1) is 8.74. The molecule has 1 aromatic rings. The van der Waals surface area contributed by atoms with Gasteiger partial charge in [-0.25, -0.2) is 4.68 Å². The van der Waals surface area contributed by atoms with E-state index in [1.807, 2.05) is 10.9 Å². The SMILES string of the molecule is COCCC(C)(C)CNCc1cn(C(C)(C)C)nn1. The Morgan fingerprint density at radius 3 is 2.47 bits per heavy atom. The molecule has 110 valence electrons. The summed E-state index contributed by atoms with van der Waals surface area (Å²) < 4.78 is 7.03. The predicted octanol–water partition coefficient (Wildman–Crippen LogP) is 2.19. The summed E-state index contributed by atoms with van der Waals surface area (Å²) in [6.07, 6.45) is 3.06. The van der Waals surface area contributed by atoms with Gasteiger partial charge in [0.1, 0.15) is 0 Å². The zero-order chi connectivity index (χ0) is 14.5. The van der Waals surface area contributed by atoms with Crippen molar-refractivity contribution in [3.05, 3.63) is 11.9 Å². The minimum Gasteiger partial charge on any atom is -0.385 e. The molecular weight excluding hydrogens is 240 g/mol. The Morgan fingerprint density at radius 1 is 1.26 bits per heavy atom. The number of nitrogens with zero attached hydrogens (tertiary/aromatic N) is 3. The van der Waals surface area contributed by atoms with Crippen molar-refractivity contribution < 1.29 is 4.74 Å². The van der Waals surface area contributed by atoms with Gasteiger partial charge in [-0.1, -0.05) is 19.1 Å². The number of hydrogen-bond acceptors (Lipinski definition) is 4. The first kappa shape index (κ1) is 16.1. The van der Waals surface area contributed by atoms with E-state index in [2.05, 4.69) is 50.2 Å². The van der Waals surface area contributed by atoms with E-state index in [0.717, 1.165) is 31.8 Å². The van der Waals surface area contributed by atoms with Gasteiger partial charge in [0.25, 0.3) is 0 Å². The van der Waals surface area contributed by atoms with E-state index in [1.165, 1.54) is 0 Å². The van der Waals surface area contributed by atoms with Crippen LogP contribution in [0, 0.1) is 5.41 Å². The average Bonchev–Trinajstić information content (AvgIpc) is 2.74. The molecule has 0 amide bonds. The Kier molecular flexibility index (Phi) is 5.50. The molecular formula is C14H28N4O. The van der Waals surface area contributed by atoms with Gasteiger partial charge < -0.3 is 10.1 Å². The lowest BCUT2D eigenvalue weighted by atomic mass is 9.90. The van der Waals surface area contributed by atoms with Gasteiger partial charge in [-0.2, -0.15) is 0 Å². The van der Waals surface area contributed by atoms with E-state index < -0.39 is 0 Å². The highest BCUT2D eigenvalue weighted by Crippen LogP contribution is 2.19. The molecule has 0 aliphatic rings. The van der Waals surface area contributed by atoms with Crippen molar-refractivity contribution in [1.29, 1.82) is 0 Å². The van der Waals surface area contributed by atoms with Crippen molar-refractivity contribution in [2.45, 2.75) is 53.1 Å². The number of aromatic nitrogens is 3. The Labute approximate surface area is 116 Å². The molecule has 1 aromatic heterocycles. The summed E-state index contributed by atoms with van der Waals surface area (Å²) in [5, 5.41) is 11.8. The van der Waals surface area contributed by atoms with Gasteiger partial charge in [0.05, 0.1) is 17.4 Å². The molecule has 19 heavy (non-hydrogen) atoms. The van der Waals surface area contributed by atoms with Gasteiger partial charge in [0.15, 0.2) is 0 Å². The molecule has 0 unspecified atom stereocenters. The maximum atomic E-state index is 5.13. The molecule has 0 spiro atoms. The summed E-state index contributed by atoms with van der Waals surface area (Å²) >= 11 is 0. The summed E-state index contributed by atoms with van der Waals surface area (Å²) in [7, 11) is 1.74. The lowest BCUT2D eigenvalue weighted by Gasteiger charge is -2.24. The Hall–Kier alpha value is -0.940. The third kappa shape index (κ3) is 5.70. The van der Waals surface area contributed by atoms with Crippen molar-refractivity contribution in [3.63, 3.8) is 0 Å². The van der Waals surface area contributed by atoms with Crippen LogP contribution in [0.4, 0.5) is 0 Å². The average molecular weight is 268 g/mol. The highest BCUT2D eigenvalue weighted by molar-refractivity contribution is 4.94. The minimum absolute atomic E-state index is 0.0109. The lowest BCUT2D eigenvalue weighted by molar-refractivity contribution is 0.150. The fourth-order valence-corrected chi connectivity index (χ4v) is 1.70. The third-order valence-electron chi connectivity index (χ3n) is 3.12. The van der Waals surface area contributed by atoms with E-state index in [9.17, 15) is 0 Å². The van der Waals surface area contributed by atoms with Crippen LogP contribution >= 0.6 is 0 Å². The van der Waals surface area contributed by atoms with E-state index >= 15 is 0 Å². The molecule has 1 rings (SSSR count).